The van der Waals surface area contributed by atoms with Crippen LogP contribution in [-0.2, 0) is 25.0 Å². The molecule has 0 atom stereocenters. The van der Waals surface area contributed by atoms with Crippen LogP contribution in [0, 0.1) is 0 Å². The van der Waals surface area contributed by atoms with E-state index in [1.54, 1.807) is 6.92 Å². The average Bonchev–Trinajstić information content (AvgIpc) is 2.14. The number of rotatable bonds is 7. The highest BCUT2D eigenvalue weighted by Gasteiger charge is 2.31. The van der Waals surface area contributed by atoms with Crippen LogP contribution >= 0.6 is 0 Å². The summed E-state index contributed by atoms with van der Waals surface area (Å²) in [6, 6.07) is 0. The van der Waals surface area contributed by atoms with Crippen LogP contribution in [0.5, 0.6) is 0 Å². The molecule has 9 heteroatoms. The molecular weight excluding hydrogens is 256 g/mol. The van der Waals surface area contributed by atoms with E-state index >= 15 is 0 Å². The second-order valence-electron chi connectivity index (χ2n) is 2.92. The largest absolute Gasteiger partial charge is 0.345 e. The Morgan fingerprint density at radius 3 is 2.12 bits per heavy atom. The molecule has 0 saturated carbocycles. The van der Waals surface area contributed by atoms with Crippen molar-refractivity contribution in [2.45, 2.75) is 26.7 Å². The molecule has 0 bridgehead atoms. The van der Waals surface area contributed by atoms with Crippen molar-refractivity contribution in [1.29, 1.82) is 0 Å². The number of hydrogen-bond acceptors (Lipinski definition) is 5. The molecule has 0 aliphatic carbocycles. The average molecular weight is 270 g/mol. The Bertz CT molecular complexity index is 461. The first-order valence-electron chi connectivity index (χ1n) is 4.66. The first kappa shape index (κ1) is 15.2. The molecule has 0 fully saturated rings. The van der Waals surface area contributed by atoms with Gasteiger partial charge in [0.25, 0.3) is 6.08 Å². The number of carbonyl (C=O) groups excluding carboxylic acids is 1. The second-order valence-corrected chi connectivity index (χ2v) is 6.68. The summed E-state index contributed by atoms with van der Waals surface area (Å²) in [5, 5.41) is 0. The standard InChI is InChI=1S/C7H14N2O5S2/c1-3-5-6-15(11,12)9(4-2)16(13,14)8-7-10/h3-6H2,1-2H3. The van der Waals surface area contributed by atoms with E-state index < -0.39 is 20.2 Å². The van der Waals surface area contributed by atoms with Crippen molar-refractivity contribution in [3.05, 3.63) is 0 Å². The predicted molar refractivity (Wildman–Crippen MR) is 58.1 cm³/mol. The summed E-state index contributed by atoms with van der Waals surface area (Å²) < 4.78 is 48.5. The van der Waals surface area contributed by atoms with Gasteiger partial charge in [0, 0.05) is 6.54 Å². The summed E-state index contributed by atoms with van der Waals surface area (Å²) in [6.45, 7) is 2.84. The Kier molecular flexibility index (Phi) is 5.80. The molecule has 16 heavy (non-hydrogen) atoms. The van der Waals surface area contributed by atoms with Crippen molar-refractivity contribution in [3.63, 3.8) is 0 Å². The van der Waals surface area contributed by atoms with E-state index in [2.05, 4.69) is 4.40 Å². The van der Waals surface area contributed by atoms with Crippen molar-refractivity contribution in [3.8, 4) is 0 Å². The lowest BCUT2D eigenvalue weighted by Gasteiger charge is -2.16. The topological polar surface area (TPSA) is 101 Å². The van der Waals surface area contributed by atoms with E-state index in [4.69, 9.17) is 0 Å². The third-order valence-electron chi connectivity index (χ3n) is 1.73. The number of unbranched alkanes of at least 4 members (excludes halogenated alkanes) is 1. The second kappa shape index (κ2) is 6.09. The van der Waals surface area contributed by atoms with Gasteiger partial charge >= 0.3 is 10.2 Å². The van der Waals surface area contributed by atoms with Crippen molar-refractivity contribution in [2.75, 3.05) is 12.3 Å². The van der Waals surface area contributed by atoms with Gasteiger partial charge in [0.1, 0.15) is 0 Å². The zero-order valence-corrected chi connectivity index (χ0v) is 10.7. The van der Waals surface area contributed by atoms with E-state index in [-0.39, 0.29) is 16.0 Å². The third-order valence-corrected chi connectivity index (χ3v) is 5.74. The molecule has 0 radical (unpaired) electrons. The van der Waals surface area contributed by atoms with E-state index in [0.717, 1.165) is 6.08 Å². The first-order chi connectivity index (χ1) is 7.31. The Morgan fingerprint density at radius 2 is 1.75 bits per heavy atom. The Hall–Kier alpha value is -0.760. The van der Waals surface area contributed by atoms with Gasteiger partial charge in [-0.25, -0.2) is 13.2 Å². The first-order valence-corrected chi connectivity index (χ1v) is 7.67. The van der Waals surface area contributed by atoms with E-state index in [9.17, 15) is 21.6 Å². The molecule has 94 valence electrons. The van der Waals surface area contributed by atoms with E-state index in [1.807, 2.05) is 0 Å². The molecule has 0 amide bonds. The lowest BCUT2D eigenvalue weighted by Crippen LogP contribution is -2.37. The number of isocyanates is 1. The normalized spacial score (nSPS) is 12.4. The van der Waals surface area contributed by atoms with Crippen LogP contribution in [0.4, 0.5) is 0 Å². The molecule has 7 nitrogen and oxygen atoms in total. The van der Waals surface area contributed by atoms with Gasteiger partial charge in [0.15, 0.2) is 0 Å². The van der Waals surface area contributed by atoms with Gasteiger partial charge in [-0.05, 0) is 6.42 Å². The monoisotopic (exact) mass is 270 g/mol. The van der Waals surface area contributed by atoms with Crippen LogP contribution in [0.15, 0.2) is 4.40 Å². The molecule has 0 aliphatic heterocycles. The maximum atomic E-state index is 11.6. The van der Waals surface area contributed by atoms with Gasteiger partial charge in [-0.3, -0.25) is 0 Å². The molecule has 0 aliphatic rings. The van der Waals surface area contributed by atoms with Crippen molar-refractivity contribution in [1.82, 2.24) is 3.71 Å². The fourth-order valence-electron chi connectivity index (χ4n) is 1.02. The Morgan fingerprint density at radius 1 is 1.19 bits per heavy atom. The molecule has 0 heterocycles. The van der Waals surface area contributed by atoms with E-state index in [1.165, 1.54) is 6.92 Å². The summed E-state index contributed by atoms with van der Waals surface area (Å²) in [5.41, 5.74) is 0. The lowest BCUT2D eigenvalue weighted by atomic mass is 10.4. The highest BCUT2D eigenvalue weighted by Crippen LogP contribution is 2.11. The van der Waals surface area contributed by atoms with Gasteiger partial charge in [-0.1, -0.05) is 28.4 Å². The predicted octanol–water partition coefficient (Wildman–Crippen LogP) is 0.0188. The minimum Gasteiger partial charge on any atom is -0.211 e. The smallest absolute Gasteiger partial charge is 0.211 e. The number of nitrogens with zero attached hydrogens (tertiary/aromatic N) is 2. The number of hydrogen-bond donors (Lipinski definition) is 0. The maximum Gasteiger partial charge on any atom is 0.345 e. The van der Waals surface area contributed by atoms with Gasteiger partial charge in [-0.15, -0.1) is 0 Å². The molecule has 0 aromatic rings. The van der Waals surface area contributed by atoms with Gasteiger partial charge in [-0.2, -0.15) is 8.42 Å². The zero-order valence-electron chi connectivity index (χ0n) is 9.08. The minimum atomic E-state index is -4.46. The summed E-state index contributed by atoms with van der Waals surface area (Å²) >= 11 is 0. The molecule has 0 saturated heterocycles. The van der Waals surface area contributed by atoms with Crippen molar-refractivity contribution in [2.24, 2.45) is 4.40 Å². The third kappa shape index (κ3) is 4.01. The fraction of sp³-hybridized carbons (Fsp3) is 0.857. The quantitative estimate of drug-likeness (QED) is 0.479. The highest BCUT2D eigenvalue weighted by atomic mass is 32.3. The summed E-state index contributed by atoms with van der Waals surface area (Å²) in [5.74, 6) is -0.287. The molecule has 0 aromatic heterocycles. The van der Waals surface area contributed by atoms with Crippen molar-refractivity contribution >= 4 is 26.3 Å². The lowest BCUT2D eigenvalue weighted by molar-refractivity contribution is 0.505. The zero-order chi connectivity index (χ0) is 12.8. The van der Waals surface area contributed by atoms with E-state index in [0.29, 0.717) is 12.8 Å². The Labute approximate surface area is 95.4 Å². The number of sulfonamides is 1. The van der Waals surface area contributed by atoms with Gasteiger partial charge in [0.05, 0.1) is 5.75 Å². The molecule has 0 unspecified atom stereocenters. The highest BCUT2D eigenvalue weighted by molar-refractivity contribution is 8.03. The molecule has 0 N–H and O–H groups in total. The SMILES string of the molecule is CCCCS(=O)(=O)N(CC)S(=O)(=O)N=C=O. The Balaban J connectivity index is 5.23. The van der Waals surface area contributed by atoms with Crippen LogP contribution in [0.3, 0.4) is 0 Å². The maximum absolute atomic E-state index is 11.6. The van der Waals surface area contributed by atoms with Gasteiger partial charge < -0.3 is 0 Å². The van der Waals surface area contributed by atoms with Crippen LogP contribution in [0.2, 0.25) is 0 Å². The van der Waals surface area contributed by atoms with Crippen LogP contribution in [-0.4, -0.2) is 38.9 Å². The molecular formula is C7H14N2O5S2. The molecule has 0 aromatic carbocycles. The van der Waals surface area contributed by atoms with Crippen LogP contribution in [0.1, 0.15) is 26.7 Å². The van der Waals surface area contributed by atoms with Crippen molar-refractivity contribution < 1.29 is 21.6 Å². The molecule has 0 spiro atoms. The van der Waals surface area contributed by atoms with Crippen LogP contribution < -0.4 is 0 Å². The van der Waals surface area contributed by atoms with Gasteiger partial charge in [0.2, 0.25) is 10.0 Å². The summed E-state index contributed by atoms with van der Waals surface area (Å²) in [6.07, 6.45) is 1.80. The molecule has 0 rings (SSSR count). The fourth-order valence-corrected chi connectivity index (χ4v) is 4.26. The van der Waals surface area contributed by atoms with Crippen LogP contribution in [0.25, 0.3) is 0 Å². The summed E-state index contributed by atoms with van der Waals surface area (Å²) in [4.78, 5) is 9.89. The summed E-state index contributed by atoms with van der Waals surface area (Å²) in [7, 11) is -8.41. The minimum absolute atomic E-state index is 0.209.